The molecule has 0 aromatic heterocycles. The van der Waals surface area contributed by atoms with Gasteiger partial charge < -0.3 is 29.7 Å². The van der Waals surface area contributed by atoms with Crippen molar-refractivity contribution in [2.75, 3.05) is 27.8 Å². The molecule has 10 nitrogen and oxygen atoms in total. The van der Waals surface area contributed by atoms with Crippen molar-refractivity contribution < 1.29 is 33.8 Å². The number of nitrogens with one attached hydrogen (secondary N) is 1. The molecule has 10 heteroatoms. The Morgan fingerprint density at radius 3 is 2.21 bits per heavy atom. The second kappa shape index (κ2) is 18.6. The normalized spacial score (nSPS) is 19.6. The van der Waals surface area contributed by atoms with E-state index in [1.165, 1.54) is 19.3 Å². The van der Waals surface area contributed by atoms with Crippen LogP contribution in [0.15, 0.2) is 37.0 Å². The molecule has 1 aliphatic heterocycles. The van der Waals surface area contributed by atoms with Crippen molar-refractivity contribution in [3.63, 3.8) is 0 Å². The fourth-order valence-corrected chi connectivity index (χ4v) is 5.93. The Morgan fingerprint density at radius 1 is 1.07 bits per heavy atom. The third kappa shape index (κ3) is 10.9. The lowest BCUT2D eigenvalue weighted by Crippen LogP contribution is -2.54. The van der Waals surface area contributed by atoms with Crippen LogP contribution in [0.1, 0.15) is 73.1 Å². The topological polar surface area (TPSA) is 125 Å². The Bertz CT molecular complexity index is 995. The van der Waals surface area contributed by atoms with Crippen LogP contribution in [0, 0.1) is 17.8 Å². The summed E-state index contributed by atoms with van der Waals surface area (Å²) < 4.78 is 11.7. The van der Waals surface area contributed by atoms with E-state index in [2.05, 4.69) is 32.3 Å². The van der Waals surface area contributed by atoms with Gasteiger partial charge in [-0.25, -0.2) is 4.79 Å². The maximum absolute atomic E-state index is 13.8. The average molecular weight is 606 g/mol. The van der Waals surface area contributed by atoms with Crippen LogP contribution < -0.4 is 5.32 Å². The molecule has 1 fully saturated rings. The van der Waals surface area contributed by atoms with E-state index >= 15 is 0 Å². The molecule has 1 rings (SSSR count). The third-order valence-electron chi connectivity index (χ3n) is 8.54. The van der Waals surface area contributed by atoms with Crippen molar-refractivity contribution in [1.29, 1.82) is 0 Å². The number of hydrogen-bond donors (Lipinski definition) is 2. The summed E-state index contributed by atoms with van der Waals surface area (Å²) in [5.74, 6) is -2.16. The largest absolute Gasteiger partial charge is 0.480 e. The fraction of sp³-hybridized carbons (Fsp3) is 0.697. The first-order valence-electron chi connectivity index (χ1n) is 15.4. The second-order valence-corrected chi connectivity index (χ2v) is 12.0. The summed E-state index contributed by atoms with van der Waals surface area (Å²) in [6.07, 6.45) is 6.32. The minimum atomic E-state index is -1.16. The number of likely N-dealkylation sites (tertiary alicyclic amines) is 1. The number of carbonyl (C=O) groups excluding carboxylic acids is 3. The van der Waals surface area contributed by atoms with Crippen molar-refractivity contribution in [2.24, 2.45) is 17.8 Å². The monoisotopic (exact) mass is 605 g/mol. The molecule has 0 aromatic rings. The van der Waals surface area contributed by atoms with E-state index in [-0.39, 0.29) is 48.6 Å². The highest BCUT2D eigenvalue weighted by Crippen LogP contribution is 2.29. The summed E-state index contributed by atoms with van der Waals surface area (Å²) >= 11 is 0. The van der Waals surface area contributed by atoms with Gasteiger partial charge in [0.15, 0.2) is 0 Å². The van der Waals surface area contributed by atoms with Crippen molar-refractivity contribution >= 4 is 23.7 Å². The van der Waals surface area contributed by atoms with Gasteiger partial charge in [0.2, 0.25) is 17.7 Å². The summed E-state index contributed by atoms with van der Waals surface area (Å²) in [5.41, 5.74) is 0.631. The third-order valence-corrected chi connectivity index (χ3v) is 8.54. The van der Waals surface area contributed by atoms with Gasteiger partial charge in [0.25, 0.3) is 0 Å². The van der Waals surface area contributed by atoms with Crippen LogP contribution in [0.2, 0.25) is 0 Å². The summed E-state index contributed by atoms with van der Waals surface area (Å²) in [7, 11) is 4.85. The molecular weight excluding hydrogens is 550 g/mol. The maximum Gasteiger partial charge on any atom is 0.326 e. The summed E-state index contributed by atoms with van der Waals surface area (Å²) in [6, 6.07) is -1.81. The lowest BCUT2D eigenvalue weighted by Gasteiger charge is -2.39. The Labute approximate surface area is 258 Å². The van der Waals surface area contributed by atoms with E-state index in [0.717, 1.165) is 12.8 Å². The minimum Gasteiger partial charge on any atom is -0.480 e. The number of carboxylic acids is 1. The molecule has 7 unspecified atom stereocenters. The number of hydrogen-bond acceptors (Lipinski definition) is 6. The van der Waals surface area contributed by atoms with Crippen LogP contribution in [0.25, 0.3) is 0 Å². The number of aliphatic carboxylic acids is 1. The molecule has 0 aliphatic carbocycles. The van der Waals surface area contributed by atoms with Gasteiger partial charge in [0.1, 0.15) is 6.04 Å². The Kier molecular flexibility index (Phi) is 16.5. The lowest BCUT2D eigenvalue weighted by atomic mass is 9.90. The van der Waals surface area contributed by atoms with Gasteiger partial charge in [-0.15, -0.1) is 0 Å². The number of likely N-dealkylation sites (N-methyl/N-ethyl adjacent to an activating group) is 1. The van der Waals surface area contributed by atoms with Gasteiger partial charge in [-0.1, -0.05) is 72.4 Å². The van der Waals surface area contributed by atoms with Crippen LogP contribution in [0.3, 0.4) is 0 Å². The number of allylic oxidation sites excluding steroid dienone is 3. The number of methoxy groups -OCH3 is 2. The van der Waals surface area contributed by atoms with E-state index in [0.29, 0.717) is 25.0 Å². The first-order valence-corrected chi connectivity index (χ1v) is 15.4. The predicted octanol–water partition coefficient (Wildman–Crippen LogP) is 4.21. The summed E-state index contributed by atoms with van der Waals surface area (Å²) in [4.78, 5) is 55.5. The molecular formula is C33H55N3O7. The number of amides is 3. The first-order chi connectivity index (χ1) is 20.3. The molecule has 43 heavy (non-hydrogen) atoms. The van der Waals surface area contributed by atoms with Gasteiger partial charge in [0.05, 0.1) is 36.6 Å². The smallest absolute Gasteiger partial charge is 0.326 e. The van der Waals surface area contributed by atoms with Gasteiger partial charge in [-0.2, -0.15) is 0 Å². The van der Waals surface area contributed by atoms with Crippen LogP contribution in [-0.2, 0) is 28.7 Å². The van der Waals surface area contributed by atoms with E-state index in [4.69, 9.17) is 9.47 Å². The van der Waals surface area contributed by atoms with E-state index < -0.39 is 36.0 Å². The second-order valence-electron chi connectivity index (χ2n) is 12.0. The molecule has 3 amide bonds. The standard InChI is InChI=1S/C33H55N3O7/c1-11-15-24(13-3)19-25(33(40)41)34-32(39)23(7)31(43-10)26-16-14-17-36(26)29(38)20-27(42-9)30(22(6)12-2)35(8)28(37)18-21(4)5/h11,13,15,21-23,25-27,30-31H,1,3,12,14,16-20H2,2,4-10H3,(H,34,39)(H,40,41)/b24-15+. The fourth-order valence-electron chi connectivity index (χ4n) is 5.93. The van der Waals surface area contributed by atoms with Crippen molar-refractivity contribution in [1.82, 2.24) is 15.1 Å². The quantitative estimate of drug-likeness (QED) is 0.211. The average Bonchev–Trinajstić information content (AvgIpc) is 3.45. The van der Waals surface area contributed by atoms with Crippen LogP contribution in [-0.4, -0.2) is 96.7 Å². The van der Waals surface area contributed by atoms with E-state index in [1.807, 2.05) is 13.8 Å². The molecule has 0 radical (unpaired) electrons. The van der Waals surface area contributed by atoms with Gasteiger partial charge in [-0.3, -0.25) is 14.4 Å². The zero-order chi connectivity index (χ0) is 32.9. The van der Waals surface area contributed by atoms with Crippen molar-refractivity contribution in [3.05, 3.63) is 37.0 Å². The molecule has 0 saturated carbocycles. The predicted molar refractivity (Wildman–Crippen MR) is 168 cm³/mol. The highest BCUT2D eigenvalue weighted by Gasteiger charge is 2.42. The SMILES string of the molecule is C=C/C=C(\C=C)CC(NC(=O)C(C)C(OC)C1CCCN1C(=O)CC(OC)C(C(C)CC)N(C)C(=O)CC(C)C)C(=O)O. The molecule has 0 spiro atoms. The van der Waals surface area contributed by atoms with Crippen LogP contribution in [0.5, 0.6) is 0 Å². The Hall–Kier alpha value is -2.98. The van der Waals surface area contributed by atoms with E-state index in [9.17, 15) is 24.3 Å². The van der Waals surface area contributed by atoms with Gasteiger partial charge >= 0.3 is 5.97 Å². The van der Waals surface area contributed by atoms with Crippen molar-refractivity contribution in [3.8, 4) is 0 Å². The Morgan fingerprint density at radius 2 is 1.72 bits per heavy atom. The molecule has 244 valence electrons. The summed E-state index contributed by atoms with van der Waals surface area (Å²) in [6.45, 7) is 17.6. The van der Waals surface area contributed by atoms with Crippen LogP contribution >= 0.6 is 0 Å². The van der Waals surface area contributed by atoms with Crippen molar-refractivity contribution in [2.45, 2.75) is 103 Å². The molecule has 1 heterocycles. The molecule has 1 aliphatic rings. The molecule has 2 N–H and O–H groups in total. The van der Waals surface area contributed by atoms with Crippen LogP contribution in [0.4, 0.5) is 0 Å². The summed E-state index contributed by atoms with van der Waals surface area (Å²) in [5, 5.41) is 12.4. The highest BCUT2D eigenvalue weighted by molar-refractivity contribution is 5.85. The number of nitrogens with zero attached hydrogens (tertiary/aromatic N) is 2. The van der Waals surface area contributed by atoms with E-state index in [1.54, 1.807) is 37.0 Å². The zero-order valence-electron chi connectivity index (χ0n) is 27.5. The Balaban J connectivity index is 3.13. The number of ether oxygens (including phenoxy) is 2. The lowest BCUT2D eigenvalue weighted by molar-refractivity contribution is -0.147. The van der Waals surface area contributed by atoms with Gasteiger partial charge in [-0.05, 0) is 30.3 Å². The first kappa shape index (κ1) is 38.0. The molecule has 0 bridgehead atoms. The number of rotatable bonds is 19. The molecule has 0 aromatic carbocycles. The van der Waals surface area contributed by atoms with Gasteiger partial charge in [0, 0.05) is 40.7 Å². The number of carboxylic acid groups (broad SMARTS) is 1. The molecule has 1 saturated heterocycles. The highest BCUT2D eigenvalue weighted by atomic mass is 16.5. The molecule has 7 atom stereocenters. The minimum absolute atomic E-state index is 0.0213. The maximum atomic E-state index is 13.8. The number of carbonyl (C=O) groups is 4. The zero-order valence-corrected chi connectivity index (χ0v) is 27.5.